The van der Waals surface area contributed by atoms with Crippen LogP contribution < -0.4 is 0 Å². The van der Waals surface area contributed by atoms with Crippen molar-refractivity contribution in [1.29, 1.82) is 0 Å². The maximum Gasteiger partial charge on any atom is 0.233 e. The first-order chi connectivity index (χ1) is 14.6. The molecule has 1 fully saturated rings. The van der Waals surface area contributed by atoms with Crippen LogP contribution in [0.4, 0.5) is 0 Å². The minimum Gasteiger partial charge on any atom is -0.337 e. The first-order valence-corrected chi connectivity index (χ1v) is 11.4. The number of rotatable bonds is 6. The second-order valence-corrected chi connectivity index (χ2v) is 8.77. The van der Waals surface area contributed by atoms with Gasteiger partial charge < -0.3 is 4.90 Å². The van der Waals surface area contributed by atoms with Crippen molar-refractivity contribution in [3.8, 4) is 11.4 Å². The summed E-state index contributed by atoms with van der Waals surface area (Å²) in [6.45, 7) is 4.95. The minimum atomic E-state index is 0.180. The fourth-order valence-electron chi connectivity index (χ4n) is 4.13. The Morgan fingerprint density at radius 1 is 1.03 bits per heavy atom. The zero-order valence-corrected chi connectivity index (χ0v) is 18.3. The van der Waals surface area contributed by atoms with Gasteiger partial charge in [-0.25, -0.2) is 0 Å². The summed E-state index contributed by atoms with van der Waals surface area (Å²) in [5.41, 5.74) is 2.13. The quantitative estimate of drug-likeness (QED) is 0.556. The number of piperidine rings is 1. The van der Waals surface area contributed by atoms with E-state index < -0.39 is 0 Å². The second-order valence-electron chi connectivity index (χ2n) is 7.83. The molecule has 1 amide bonds. The molecule has 2 aromatic heterocycles. The van der Waals surface area contributed by atoms with E-state index in [1.54, 1.807) is 12.4 Å². The molecule has 0 N–H and O–H groups in total. The first kappa shape index (κ1) is 20.6. The lowest BCUT2D eigenvalue weighted by molar-refractivity contribution is -0.134. The lowest BCUT2D eigenvalue weighted by Crippen LogP contribution is -2.48. The smallest absolute Gasteiger partial charge is 0.233 e. The van der Waals surface area contributed by atoms with Crippen LogP contribution in [0.3, 0.4) is 0 Å². The molecule has 0 aliphatic carbocycles. The van der Waals surface area contributed by atoms with Crippen LogP contribution in [0.25, 0.3) is 11.4 Å². The van der Waals surface area contributed by atoms with Gasteiger partial charge in [0.2, 0.25) is 5.91 Å². The molecule has 1 aliphatic rings. The van der Waals surface area contributed by atoms with E-state index in [0.29, 0.717) is 24.4 Å². The molecule has 3 heterocycles. The van der Waals surface area contributed by atoms with E-state index in [-0.39, 0.29) is 5.91 Å². The molecule has 6 nitrogen and oxygen atoms in total. The van der Waals surface area contributed by atoms with Crippen molar-refractivity contribution >= 4 is 17.7 Å². The molecule has 2 atom stereocenters. The molecule has 0 spiro atoms. The number of hydrogen-bond donors (Lipinski definition) is 0. The van der Waals surface area contributed by atoms with Gasteiger partial charge in [0, 0.05) is 30.0 Å². The number of carbonyl (C=O) groups excluding carboxylic acids is 1. The van der Waals surface area contributed by atoms with Crippen LogP contribution in [-0.4, -0.2) is 48.4 Å². The van der Waals surface area contributed by atoms with Crippen LogP contribution in [0.5, 0.6) is 0 Å². The summed E-state index contributed by atoms with van der Waals surface area (Å²) in [7, 11) is 0. The Bertz CT molecular complexity index is 966. The van der Waals surface area contributed by atoms with Crippen LogP contribution >= 0.6 is 11.8 Å². The summed E-state index contributed by atoms with van der Waals surface area (Å²) in [6.07, 6.45) is 6.87. The second kappa shape index (κ2) is 9.43. The number of aromatic nitrogens is 4. The van der Waals surface area contributed by atoms with Crippen LogP contribution in [0.2, 0.25) is 0 Å². The van der Waals surface area contributed by atoms with Gasteiger partial charge >= 0.3 is 0 Å². The highest BCUT2D eigenvalue weighted by molar-refractivity contribution is 7.99. The molecule has 1 aliphatic heterocycles. The van der Waals surface area contributed by atoms with Crippen molar-refractivity contribution in [2.75, 3.05) is 5.75 Å². The third-order valence-corrected chi connectivity index (χ3v) is 6.60. The summed E-state index contributed by atoms with van der Waals surface area (Å²) in [5.74, 6) is 1.34. The van der Waals surface area contributed by atoms with Gasteiger partial charge in [-0.1, -0.05) is 42.1 Å². The largest absolute Gasteiger partial charge is 0.337 e. The predicted octanol–water partition coefficient (Wildman–Crippen LogP) is 4.27. The van der Waals surface area contributed by atoms with Gasteiger partial charge in [0.1, 0.15) is 0 Å². The Balaban J connectivity index is 1.56. The molecular weight excluding hydrogens is 394 g/mol. The summed E-state index contributed by atoms with van der Waals surface area (Å²) in [5, 5.41) is 9.63. The van der Waals surface area contributed by atoms with Crippen LogP contribution in [0, 0.1) is 0 Å². The third kappa shape index (κ3) is 4.56. The normalized spacial score (nSPS) is 19.1. The van der Waals surface area contributed by atoms with Crippen molar-refractivity contribution < 1.29 is 4.79 Å². The topological polar surface area (TPSA) is 63.9 Å². The molecule has 3 aromatic rings. The lowest BCUT2D eigenvalue weighted by Gasteiger charge is -2.39. The fraction of sp³-hybridized carbons (Fsp3) is 0.391. The molecular formula is C23H27N5OS. The predicted molar refractivity (Wildman–Crippen MR) is 119 cm³/mol. The highest BCUT2D eigenvalue weighted by atomic mass is 32.2. The Morgan fingerprint density at radius 2 is 1.73 bits per heavy atom. The monoisotopic (exact) mass is 421 g/mol. The molecule has 156 valence electrons. The van der Waals surface area contributed by atoms with E-state index in [2.05, 4.69) is 50.6 Å². The minimum absolute atomic E-state index is 0.180. The molecule has 0 bridgehead atoms. The van der Waals surface area contributed by atoms with E-state index in [1.165, 1.54) is 23.7 Å². The highest BCUT2D eigenvalue weighted by Gasteiger charge is 2.29. The SMILES string of the molecule is C[C@@H]1CCC[C@@H](C)N1C(=O)CSc1nnc(-c2ccncc2)n1Cc1ccccc1. The fourth-order valence-corrected chi connectivity index (χ4v) is 4.94. The number of thioether (sulfide) groups is 1. The molecule has 0 unspecified atom stereocenters. The average Bonchev–Trinajstić information content (AvgIpc) is 3.16. The van der Waals surface area contributed by atoms with Gasteiger partial charge in [-0.15, -0.1) is 10.2 Å². The highest BCUT2D eigenvalue weighted by Crippen LogP contribution is 2.27. The van der Waals surface area contributed by atoms with Crippen LogP contribution in [0.15, 0.2) is 60.0 Å². The maximum atomic E-state index is 13.0. The van der Waals surface area contributed by atoms with Crippen molar-refractivity contribution in [2.45, 2.75) is 56.9 Å². The van der Waals surface area contributed by atoms with Gasteiger partial charge in [0.05, 0.1) is 12.3 Å². The van der Waals surface area contributed by atoms with Gasteiger partial charge in [-0.05, 0) is 50.8 Å². The van der Waals surface area contributed by atoms with Crippen LogP contribution in [0.1, 0.15) is 38.7 Å². The Kier molecular flexibility index (Phi) is 6.47. The average molecular weight is 422 g/mol. The van der Waals surface area contributed by atoms with E-state index in [9.17, 15) is 4.79 Å². The van der Waals surface area contributed by atoms with Crippen molar-refractivity contribution in [3.05, 3.63) is 60.4 Å². The zero-order chi connectivity index (χ0) is 20.9. The summed E-state index contributed by atoms with van der Waals surface area (Å²) in [4.78, 5) is 19.1. The number of pyridine rings is 1. The van der Waals surface area contributed by atoms with Gasteiger partial charge in [0.25, 0.3) is 0 Å². The Morgan fingerprint density at radius 3 is 2.43 bits per heavy atom. The van der Waals surface area contributed by atoms with Gasteiger partial charge in [-0.2, -0.15) is 0 Å². The molecule has 4 rings (SSSR count). The van der Waals surface area contributed by atoms with Crippen molar-refractivity contribution in [3.63, 3.8) is 0 Å². The number of nitrogens with zero attached hydrogens (tertiary/aromatic N) is 5. The Hall–Kier alpha value is -2.67. The van der Waals surface area contributed by atoms with E-state index >= 15 is 0 Å². The summed E-state index contributed by atoms with van der Waals surface area (Å²) < 4.78 is 2.09. The molecule has 0 radical (unpaired) electrons. The van der Waals surface area contributed by atoms with Gasteiger partial charge in [-0.3, -0.25) is 14.3 Å². The summed E-state index contributed by atoms with van der Waals surface area (Å²) >= 11 is 1.47. The molecule has 7 heteroatoms. The number of benzene rings is 1. The first-order valence-electron chi connectivity index (χ1n) is 10.4. The van der Waals surface area contributed by atoms with Crippen molar-refractivity contribution in [2.24, 2.45) is 0 Å². The van der Waals surface area contributed by atoms with E-state index in [0.717, 1.165) is 29.4 Å². The Labute approximate surface area is 181 Å². The van der Waals surface area contributed by atoms with Crippen LogP contribution in [-0.2, 0) is 11.3 Å². The lowest BCUT2D eigenvalue weighted by atomic mass is 9.98. The number of likely N-dealkylation sites (tertiary alicyclic amines) is 1. The van der Waals surface area contributed by atoms with Gasteiger partial charge in [0.15, 0.2) is 11.0 Å². The third-order valence-electron chi connectivity index (χ3n) is 5.65. The zero-order valence-electron chi connectivity index (χ0n) is 17.4. The molecule has 1 aromatic carbocycles. The number of carbonyl (C=O) groups is 1. The molecule has 30 heavy (non-hydrogen) atoms. The maximum absolute atomic E-state index is 13.0. The molecule has 1 saturated heterocycles. The van der Waals surface area contributed by atoms with E-state index in [1.807, 2.05) is 30.3 Å². The number of hydrogen-bond acceptors (Lipinski definition) is 5. The standard InChI is InChI=1S/C23H27N5OS/c1-17-7-6-8-18(2)28(17)21(29)16-30-23-26-25-22(20-11-13-24-14-12-20)27(23)15-19-9-4-3-5-10-19/h3-5,9-14,17-18H,6-8,15-16H2,1-2H3/t17-,18-/m1/s1. The molecule has 0 saturated carbocycles. The van der Waals surface area contributed by atoms with E-state index in [4.69, 9.17) is 0 Å². The van der Waals surface area contributed by atoms with Crippen molar-refractivity contribution in [1.82, 2.24) is 24.6 Å². The number of amides is 1. The summed E-state index contributed by atoms with van der Waals surface area (Å²) in [6, 6.07) is 14.7.